The number of benzene rings is 3. The van der Waals surface area contributed by atoms with E-state index in [1.807, 2.05) is 49.4 Å². The molecule has 1 unspecified atom stereocenters. The van der Waals surface area contributed by atoms with Gasteiger partial charge in [0.2, 0.25) is 0 Å². The van der Waals surface area contributed by atoms with Gasteiger partial charge < -0.3 is 4.74 Å². The highest BCUT2D eigenvalue weighted by Crippen LogP contribution is 2.37. The lowest BCUT2D eigenvalue weighted by atomic mass is 9.98. The summed E-state index contributed by atoms with van der Waals surface area (Å²) in [4.78, 5) is 13.1. The Kier molecular flexibility index (Phi) is 6.20. The number of ether oxygens (including phenoxy) is 1. The van der Waals surface area contributed by atoms with Crippen LogP contribution in [0.3, 0.4) is 0 Å². The zero-order valence-electron chi connectivity index (χ0n) is 19.0. The number of nitrogens with zero attached hydrogens (tertiary/aromatic N) is 3. The van der Waals surface area contributed by atoms with E-state index >= 15 is 0 Å². The monoisotopic (exact) mass is 484 g/mol. The Morgan fingerprint density at radius 3 is 2.57 bits per heavy atom. The summed E-state index contributed by atoms with van der Waals surface area (Å²) in [5.74, 6) is 0.829. The first-order valence-corrected chi connectivity index (χ1v) is 12.0. The summed E-state index contributed by atoms with van der Waals surface area (Å²) in [6.45, 7) is 1.86. The Labute approximate surface area is 204 Å². The average Bonchev–Trinajstić information content (AvgIpc) is 2.87. The van der Waals surface area contributed by atoms with E-state index < -0.39 is 11.0 Å². The minimum absolute atomic E-state index is 0.277. The van der Waals surface area contributed by atoms with Crippen molar-refractivity contribution in [2.75, 3.05) is 11.8 Å². The van der Waals surface area contributed by atoms with Gasteiger partial charge in [0.1, 0.15) is 23.7 Å². The largest absolute Gasteiger partial charge is 0.496 e. The fourth-order valence-corrected chi connectivity index (χ4v) is 4.81. The summed E-state index contributed by atoms with van der Waals surface area (Å²) < 4.78 is 35.3. The van der Waals surface area contributed by atoms with Crippen molar-refractivity contribution in [3.05, 3.63) is 96.8 Å². The Bertz CT molecular complexity index is 1540. The molecule has 35 heavy (non-hydrogen) atoms. The molecule has 0 aliphatic heterocycles. The number of fused-ring (bicyclic) bond motifs is 1. The van der Waals surface area contributed by atoms with E-state index in [1.165, 1.54) is 18.5 Å². The highest BCUT2D eigenvalue weighted by molar-refractivity contribution is 7.86. The molecule has 8 heteroatoms. The number of pyridine rings is 1. The van der Waals surface area contributed by atoms with Crippen molar-refractivity contribution in [1.82, 2.24) is 15.0 Å². The second-order valence-electron chi connectivity index (χ2n) is 7.94. The maximum Gasteiger partial charge on any atom is 0.151 e. The smallest absolute Gasteiger partial charge is 0.151 e. The van der Waals surface area contributed by atoms with Crippen LogP contribution in [0.15, 0.2) is 90.3 Å². The number of rotatable bonds is 6. The molecular weight excluding hydrogens is 463 g/mol. The molecule has 0 aliphatic carbocycles. The van der Waals surface area contributed by atoms with Crippen LogP contribution in [0.4, 0.5) is 10.2 Å². The average molecular weight is 485 g/mol. The number of nitrogens with one attached hydrogen (secondary N) is 1. The highest BCUT2D eigenvalue weighted by atomic mass is 32.2. The van der Waals surface area contributed by atoms with Crippen LogP contribution in [-0.2, 0) is 11.0 Å². The molecule has 0 spiro atoms. The third-order valence-electron chi connectivity index (χ3n) is 5.56. The highest BCUT2D eigenvalue weighted by Gasteiger charge is 2.14. The van der Waals surface area contributed by atoms with Gasteiger partial charge in [-0.25, -0.2) is 18.6 Å². The maximum atomic E-state index is 14.0. The van der Waals surface area contributed by atoms with Gasteiger partial charge in [0, 0.05) is 23.3 Å². The van der Waals surface area contributed by atoms with Crippen molar-refractivity contribution < 1.29 is 13.3 Å². The van der Waals surface area contributed by atoms with Crippen molar-refractivity contribution >= 4 is 27.6 Å². The third-order valence-corrected chi connectivity index (χ3v) is 6.64. The topological polar surface area (TPSA) is 77.0 Å². The van der Waals surface area contributed by atoms with Crippen LogP contribution in [0, 0.1) is 12.7 Å². The molecule has 1 N–H and O–H groups in total. The molecule has 5 aromatic rings. The Morgan fingerprint density at radius 2 is 1.80 bits per heavy atom. The molecule has 6 nitrogen and oxygen atoms in total. The summed E-state index contributed by atoms with van der Waals surface area (Å²) in [6, 6.07) is 19.8. The molecular formula is C27H21FN4O2S. The number of hydrogen-bond acceptors (Lipinski definition) is 5. The first-order chi connectivity index (χ1) is 17.0. The van der Waals surface area contributed by atoms with Crippen molar-refractivity contribution in [1.29, 1.82) is 0 Å². The van der Waals surface area contributed by atoms with Crippen molar-refractivity contribution in [2.45, 2.75) is 11.8 Å². The number of aryl methyl sites for hydroxylation is 1. The van der Waals surface area contributed by atoms with Gasteiger partial charge in [0.15, 0.2) is 11.0 Å². The van der Waals surface area contributed by atoms with Crippen molar-refractivity contribution in [3.63, 3.8) is 0 Å². The number of anilines is 1. The quantitative estimate of drug-likeness (QED) is 0.322. The molecule has 3 aromatic carbocycles. The molecule has 0 aliphatic rings. The van der Waals surface area contributed by atoms with E-state index in [2.05, 4.69) is 19.7 Å². The predicted octanol–water partition coefficient (Wildman–Crippen LogP) is 5.95. The zero-order chi connectivity index (χ0) is 24.4. The van der Waals surface area contributed by atoms with E-state index in [0.29, 0.717) is 16.5 Å². The molecule has 0 radical (unpaired) electrons. The maximum absolute atomic E-state index is 14.0. The second kappa shape index (κ2) is 9.60. The van der Waals surface area contributed by atoms with E-state index in [4.69, 9.17) is 4.74 Å². The van der Waals surface area contributed by atoms with Gasteiger partial charge in [-0.1, -0.05) is 18.2 Å². The van der Waals surface area contributed by atoms with Gasteiger partial charge in [-0.05, 0) is 77.5 Å². The van der Waals surface area contributed by atoms with Gasteiger partial charge in [-0.15, -0.1) is 0 Å². The van der Waals surface area contributed by atoms with E-state index in [9.17, 15) is 8.60 Å². The fourth-order valence-electron chi connectivity index (χ4n) is 3.96. The summed E-state index contributed by atoms with van der Waals surface area (Å²) in [6.07, 6.45) is 4.69. The lowest BCUT2D eigenvalue weighted by molar-refractivity contribution is 0.416. The second-order valence-corrected chi connectivity index (χ2v) is 9.15. The van der Waals surface area contributed by atoms with Gasteiger partial charge in [0.25, 0.3) is 0 Å². The minimum atomic E-state index is -1.49. The van der Waals surface area contributed by atoms with Crippen LogP contribution in [0.25, 0.3) is 33.2 Å². The predicted molar refractivity (Wildman–Crippen MR) is 136 cm³/mol. The molecule has 0 amide bonds. The summed E-state index contributed by atoms with van der Waals surface area (Å²) in [5, 5.41) is 1.78. The first-order valence-electron chi connectivity index (χ1n) is 10.8. The first kappa shape index (κ1) is 22.6. The number of halogens is 1. The minimum Gasteiger partial charge on any atom is -0.496 e. The van der Waals surface area contributed by atoms with Crippen molar-refractivity contribution in [2.24, 2.45) is 0 Å². The van der Waals surface area contributed by atoms with Crippen LogP contribution in [0.1, 0.15) is 5.56 Å². The van der Waals surface area contributed by atoms with Crippen LogP contribution >= 0.6 is 0 Å². The molecule has 0 bridgehead atoms. The number of methoxy groups -OCH3 is 1. The van der Waals surface area contributed by atoms with Crippen LogP contribution in [0.5, 0.6) is 5.75 Å². The summed E-state index contributed by atoms with van der Waals surface area (Å²) in [5.41, 5.74) is 4.02. The Balaban J connectivity index is 1.52. The molecule has 1 atom stereocenters. The van der Waals surface area contributed by atoms with Gasteiger partial charge in [0.05, 0.1) is 17.7 Å². The lowest BCUT2D eigenvalue weighted by Crippen LogP contribution is -2.06. The van der Waals surface area contributed by atoms with Crippen LogP contribution in [-0.4, -0.2) is 26.3 Å². The van der Waals surface area contributed by atoms with Crippen LogP contribution in [0.2, 0.25) is 0 Å². The SMILES string of the molecule is COc1cc(-c2cc(C)cc(F)c2)ccc1-c1nccc2cc(S(=O)Nc3ccncn3)ccc12. The van der Waals surface area contributed by atoms with Gasteiger partial charge >= 0.3 is 0 Å². The molecule has 0 saturated heterocycles. The Morgan fingerprint density at radius 1 is 0.914 bits per heavy atom. The van der Waals surface area contributed by atoms with Gasteiger partial charge in [-0.3, -0.25) is 9.71 Å². The van der Waals surface area contributed by atoms with E-state index in [-0.39, 0.29) is 5.82 Å². The lowest BCUT2D eigenvalue weighted by Gasteiger charge is -2.13. The third kappa shape index (κ3) is 4.74. The number of aromatic nitrogens is 3. The Hall–Kier alpha value is -4.17. The normalized spacial score (nSPS) is 11.9. The van der Waals surface area contributed by atoms with Crippen LogP contribution < -0.4 is 9.46 Å². The molecule has 2 aromatic heterocycles. The van der Waals surface area contributed by atoms with E-state index in [0.717, 1.165) is 38.7 Å². The number of hydrogen-bond donors (Lipinski definition) is 1. The van der Waals surface area contributed by atoms with Crippen molar-refractivity contribution in [3.8, 4) is 28.1 Å². The standard InChI is InChI=1S/C27H21FN4O2S/c1-17-11-20(13-21(28)12-17)18-3-5-24(25(15-18)34-2)27-23-6-4-22(14-19(23)7-10-30-27)35(33)32-26-8-9-29-16-31-26/h3-16H,1-2H3,(H,29,31,32). The summed E-state index contributed by atoms with van der Waals surface area (Å²) >= 11 is 0. The molecule has 2 heterocycles. The molecule has 174 valence electrons. The molecule has 0 saturated carbocycles. The molecule has 5 rings (SSSR count). The molecule has 0 fully saturated rings. The fraction of sp³-hybridized carbons (Fsp3) is 0.0741. The van der Waals surface area contributed by atoms with Gasteiger partial charge in [-0.2, -0.15) is 0 Å². The zero-order valence-corrected chi connectivity index (χ0v) is 19.8. The summed E-state index contributed by atoms with van der Waals surface area (Å²) in [7, 11) is 0.110. The van der Waals surface area contributed by atoms with E-state index in [1.54, 1.807) is 31.6 Å².